The lowest BCUT2D eigenvalue weighted by Crippen LogP contribution is -3.09. The van der Waals surface area contributed by atoms with Crippen LogP contribution in [-0.2, 0) is 0 Å². The molecule has 470 valence electrons. The topological polar surface area (TPSA) is 4.44 Å². The Labute approximate surface area is 472 Å². The highest BCUT2D eigenvalue weighted by Gasteiger charge is 2.52. The number of nitrogens with one attached hydrogen (secondary N) is 1. The molecule has 1 nitrogen and oxygen atoms in total. The fraction of sp³-hybridized carbons (Fsp3) is 0.298. The molecular formula is C57H38BF28N. The SMILES string of the molecule is CCCCCCCC[NH+](C)CCCCCCCC.Fc1c(F)c(F)c2c(F)c([B-](c3c(F)c(F)c4c(F)c(F)c(F)c(F)c4c3F)(c3c(F)c(F)c4c(F)c(F)c(F)c(F)c4c3F)c3c(F)c(F)c4c(F)c(F)c(F)c(F)c4c3F)c(F)c(F)c2c1F. The Bertz CT molecular complexity index is 3600. The normalized spacial score (nSPS) is 12.1. The van der Waals surface area contributed by atoms with Gasteiger partial charge in [-0.15, -0.1) is 21.9 Å². The second-order valence-electron chi connectivity index (χ2n) is 20.3. The molecule has 0 saturated carbocycles. The molecule has 0 heterocycles. The van der Waals surface area contributed by atoms with Gasteiger partial charge in [-0.3, -0.25) is 0 Å². The maximum Gasteiger partial charge on any atom is 0.198 e. The fourth-order valence-electron chi connectivity index (χ4n) is 10.9. The number of benzene rings is 8. The summed E-state index contributed by atoms with van der Waals surface area (Å²) in [5.74, 6) is -102. The quantitative estimate of drug-likeness (QED) is 0.0287. The summed E-state index contributed by atoms with van der Waals surface area (Å²) in [5, 5.41) is -25.0. The number of hydrogen-bond acceptors (Lipinski definition) is 0. The highest BCUT2D eigenvalue weighted by Crippen LogP contribution is 2.41. The largest absolute Gasteiger partial charge is 0.337 e. The number of hydrogen-bond donors (Lipinski definition) is 1. The predicted molar refractivity (Wildman–Crippen MR) is 262 cm³/mol. The lowest BCUT2D eigenvalue weighted by atomic mass is 9.12. The van der Waals surface area contributed by atoms with Crippen LogP contribution in [0.25, 0.3) is 43.1 Å². The van der Waals surface area contributed by atoms with Crippen LogP contribution in [0.15, 0.2) is 0 Å². The first-order valence-corrected chi connectivity index (χ1v) is 26.1. The lowest BCUT2D eigenvalue weighted by molar-refractivity contribution is -0.880. The van der Waals surface area contributed by atoms with Gasteiger partial charge in [0.15, 0.2) is 116 Å². The lowest BCUT2D eigenvalue weighted by Gasteiger charge is -2.45. The Morgan fingerprint density at radius 1 is 0.195 bits per heavy atom. The molecule has 0 unspecified atom stereocenters. The third-order valence-corrected chi connectivity index (χ3v) is 15.1. The number of fused-ring (bicyclic) bond motifs is 4. The summed E-state index contributed by atoms with van der Waals surface area (Å²) in [7, 11) is 2.37. The van der Waals surface area contributed by atoms with Crippen LogP contribution < -0.4 is 26.8 Å². The first kappa shape index (κ1) is 67.4. The van der Waals surface area contributed by atoms with Crippen molar-refractivity contribution in [3.8, 4) is 0 Å². The Kier molecular flexibility index (Phi) is 20.1. The molecule has 0 saturated heterocycles. The van der Waals surface area contributed by atoms with Crippen molar-refractivity contribution >= 4 is 71.1 Å². The fourth-order valence-corrected chi connectivity index (χ4v) is 10.9. The van der Waals surface area contributed by atoms with Crippen molar-refractivity contribution in [3.05, 3.63) is 163 Å². The van der Waals surface area contributed by atoms with Crippen molar-refractivity contribution in [3.63, 3.8) is 0 Å². The monoisotopic (exact) mass is 1280 g/mol. The molecule has 8 rings (SSSR count). The van der Waals surface area contributed by atoms with Gasteiger partial charge >= 0.3 is 0 Å². The van der Waals surface area contributed by atoms with E-state index in [4.69, 9.17) is 0 Å². The maximum absolute atomic E-state index is 17.4. The van der Waals surface area contributed by atoms with Crippen molar-refractivity contribution in [2.24, 2.45) is 0 Å². The van der Waals surface area contributed by atoms with Gasteiger partial charge in [0.25, 0.3) is 0 Å². The second kappa shape index (κ2) is 25.9. The minimum Gasteiger partial charge on any atom is -0.337 e. The Morgan fingerprint density at radius 3 is 0.529 bits per heavy atom. The van der Waals surface area contributed by atoms with E-state index in [2.05, 4.69) is 20.9 Å². The molecule has 0 aliphatic carbocycles. The van der Waals surface area contributed by atoms with E-state index in [-0.39, 0.29) is 0 Å². The molecule has 8 aromatic rings. The van der Waals surface area contributed by atoms with Crippen molar-refractivity contribution in [1.29, 1.82) is 0 Å². The van der Waals surface area contributed by atoms with E-state index in [9.17, 15) is 35.1 Å². The third kappa shape index (κ3) is 10.7. The smallest absolute Gasteiger partial charge is 0.198 e. The average Bonchev–Trinajstić information content (AvgIpc) is 0.675. The number of rotatable bonds is 18. The van der Waals surface area contributed by atoms with Gasteiger partial charge in [-0.2, -0.15) is 0 Å². The summed E-state index contributed by atoms with van der Waals surface area (Å²) in [6.45, 7) is 7.36. The van der Waals surface area contributed by atoms with E-state index in [1.54, 1.807) is 4.90 Å². The van der Waals surface area contributed by atoms with Crippen molar-refractivity contribution in [2.45, 2.75) is 90.9 Å². The molecule has 30 heteroatoms. The van der Waals surface area contributed by atoms with Crippen LogP contribution in [0, 0.1) is 163 Å². The molecule has 0 radical (unpaired) electrons. The summed E-state index contributed by atoms with van der Waals surface area (Å²) in [5.41, 5.74) is -15.9. The molecule has 1 N–H and O–H groups in total. The van der Waals surface area contributed by atoms with Crippen LogP contribution in [0.2, 0.25) is 0 Å². The zero-order valence-electron chi connectivity index (χ0n) is 44.6. The minimum absolute atomic E-state index is 1.36. The van der Waals surface area contributed by atoms with E-state index in [0.29, 0.717) is 0 Å². The molecular weight excluding hydrogens is 1240 g/mol. The summed E-state index contributed by atoms with van der Waals surface area (Å²) >= 11 is 0. The van der Waals surface area contributed by atoms with Crippen LogP contribution in [0.5, 0.6) is 0 Å². The molecule has 0 amide bonds. The molecule has 0 bridgehead atoms. The Balaban J connectivity index is 0.000000519. The zero-order chi connectivity index (χ0) is 65.1. The first-order valence-electron chi connectivity index (χ1n) is 26.1. The van der Waals surface area contributed by atoms with Gasteiger partial charge < -0.3 is 4.90 Å². The molecule has 0 fully saturated rings. The molecule has 0 spiro atoms. The first-order chi connectivity index (χ1) is 40.8. The van der Waals surface area contributed by atoms with Gasteiger partial charge in [-0.25, -0.2) is 123 Å². The molecule has 0 atom stereocenters. The van der Waals surface area contributed by atoms with E-state index in [1.165, 1.54) is 90.1 Å². The minimum atomic E-state index is -7.99. The van der Waals surface area contributed by atoms with Crippen LogP contribution in [0.3, 0.4) is 0 Å². The Morgan fingerprint density at radius 2 is 0.345 bits per heavy atom. The predicted octanol–water partition coefficient (Wildman–Crippen LogP) is 15.8. The third-order valence-electron chi connectivity index (χ3n) is 15.1. The molecule has 0 aromatic heterocycles. The van der Waals surface area contributed by atoms with Crippen LogP contribution in [0.4, 0.5) is 123 Å². The highest BCUT2D eigenvalue weighted by molar-refractivity contribution is 7.20. The van der Waals surface area contributed by atoms with Crippen molar-refractivity contribution in [2.75, 3.05) is 20.1 Å². The van der Waals surface area contributed by atoms with Crippen LogP contribution in [-0.4, -0.2) is 26.3 Å². The number of quaternary nitrogens is 1. The maximum atomic E-state index is 17.4. The summed E-state index contributed by atoms with van der Waals surface area (Å²) in [4.78, 5) is 1.75. The average molecular weight is 1280 g/mol. The second-order valence-corrected chi connectivity index (χ2v) is 20.3. The molecule has 0 aliphatic heterocycles. The van der Waals surface area contributed by atoms with Gasteiger partial charge in [0.1, 0.15) is 52.7 Å². The van der Waals surface area contributed by atoms with Crippen LogP contribution in [0.1, 0.15) is 90.9 Å². The Hall–Kier alpha value is -7.14. The zero-order valence-corrected chi connectivity index (χ0v) is 44.6. The molecule has 0 aliphatic rings. The van der Waals surface area contributed by atoms with E-state index >= 15 is 87.8 Å². The number of halogens is 28. The van der Waals surface area contributed by atoms with Gasteiger partial charge in [0.2, 0.25) is 0 Å². The van der Waals surface area contributed by atoms with Gasteiger partial charge in [0.05, 0.1) is 63.2 Å². The summed E-state index contributed by atoms with van der Waals surface area (Å²) in [6, 6.07) is 0. The van der Waals surface area contributed by atoms with Gasteiger partial charge in [-0.05, 0) is 25.7 Å². The summed E-state index contributed by atoms with van der Waals surface area (Å²) < 4.78 is 442. The van der Waals surface area contributed by atoms with Crippen molar-refractivity contribution < 1.29 is 128 Å². The van der Waals surface area contributed by atoms with Gasteiger partial charge in [-0.1, -0.05) is 65.2 Å². The van der Waals surface area contributed by atoms with Crippen molar-refractivity contribution in [1.82, 2.24) is 0 Å². The number of unbranched alkanes of at least 4 members (excludes halogenated alkanes) is 10. The summed E-state index contributed by atoms with van der Waals surface area (Å²) in [6.07, 6.45) is 9.20. The van der Waals surface area contributed by atoms with Gasteiger partial charge in [0, 0.05) is 0 Å². The van der Waals surface area contributed by atoms with E-state index in [0.717, 1.165) is 0 Å². The van der Waals surface area contributed by atoms with E-state index < -0.39 is 234 Å². The molecule has 87 heavy (non-hydrogen) atoms. The standard InChI is InChI=1S/C40BF28.C17H37N/c42-13-1-5(25(54)37(66)33(62)21(1)50)17(46)29(58)9(13)41(10-14(43)2-6(18(47)30(10)59)26(55)38(67)34(63)22(2)51,11-15(44)3-7(19(48)31(11)60)27(56)39(68)35(64)23(3)52)12-16(45)4-8(20(49)32(12)61)28(57)40(69)36(65)24(4)53;1-4-6-8-10-12-14-16-18(3)17-15-13-11-9-7-5-2/h;4-17H2,1-3H3/q-1;/p+1. The van der Waals surface area contributed by atoms with E-state index in [1.807, 2.05) is 0 Å². The molecule has 8 aromatic carbocycles. The highest BCUT2D eigenvalue weighted by atomic mass is 19.2. The van der Waals surface area contributed by atoms with Crippen LogP contribution >= 0.6 is 0 Å².